The number of fused-ring (bicyclic) bond motifs is 1. The predicted octanol–water partition coefficient (Wildman–Crippen LogP) is 4.22. The summed E-state index contributed by atoms with van der Waals surface area (Å²) in [5.41, 5.74) is 8.08. The SMILES string of the molecule is CC(=O)c1sc2nc(N[C@@H]3CCNC3)nc(-c3ccc(Cl)c(Cl)c3)c2c1N. The van der Waals surface area contributed by atoms with Gasteiger partial charge in [0.2, 0.25) is 5.95 Å². The fourth-order valence-electron chi connectivity index (χ4n) is 3.16. The molecular weight excluding hydrogens is 405 g/mol. The Bertz CT molecular complexity index is 1050. The third-order valence-corrected chi connectivity index (χ3v) is 6.43. The van der Waals surface area contributed by atoms with Gasteiger partial charge in [-0.1, -0.05) is 29.3 Å². The van der Waals surface area contributed by atoms with Crippen LogP contribution in [0.3, 0.4) is 0 Å². The molecule has 9 heteroatoms. The number of nitrogens with one attached hydrogen (secondary N) is 2. The highest BCUT2D eigenvalue weighted by Gasteiger charge is 2.22. The lowest BCUT2D eigenvalue weighted by Crippen LogP contribution is -2.23. The molecule has 1 aliphatic rings. The van der Waals surface area contributed by atoms with Gasteiger partial charge in [0.1, 0.15) is 4.83 Å². The van der Waals surface area contributed by atoms with Crippen LogP contribution < -0.4 is 16.4 Å². The average Bonchev–Trinajstić information content (AvgIpc) is 3.25. The van der Waals surface area contributed by atoms with E-state index in [1.54, 1.807) is 12.1 Å². The van der Waals surface area contributed by atoms with Gasteiger partial charge in [-0.2, -0.15) is 0 Å². The summed E-state index contributed by atoms with van der Waals surface area (Å²) in [7, 11) is 0. The number of nitrogen functional groups attached to an aromatic ring is 1. The topological polar surface area (TPSA) is 92.9 Å². The van der Waals surface area contributed by atoms with Gasteiger partial charge in [0.05, 0.1) is 31.7 Å². The summed E-state index contributed by atoms with van der Waals surface area (Å²) >= 11 is 13.5. The maximum atomic E-state index is 12.0. The number of aromatic nitrogens is 2. The summed E-state index contributed by atoms with van der Waals surface area (Å²) in [5.74, 6) is 0.415. The second-order valence-electron chi connectivity index (χ2n) is 6.44. The molecule has 2 aromatic heterocycles. The van der Waals surface area contributed by atoms with Gasteiger partial charge >= 0.3 is 0 Å². The van der Waals surface area contributed by atoms with E-state index in [4.69, 9.17) is 33.9 Å². The Morgan fingerprint density at radius 3 is 2.81 bits per heavy atom. The number of nitrogens with zero attached hydrogens (tertiary/aromatic N) is 2. The maximum Gasteiger partial charge on any atom is 0.224 e. The fraction of sp³-hybridized carbons (Fsp3) is 0.278. The van der Waals surface area contributed by atoms with Crippen LogP contribution in [-0.2, 0) is 0 Å². The predicted molar refractivity (Wildman–Crippen MR) is 112 cm³/mol. The average molecular weight is 422 g/mol. The van der Waals surface area contributed by atoms with Crippen LogP contribution in [0.25, 0.3) is 21.5 Å². The lowest BCUT2D eigenvalue weighted by atomic mass is 10.1. The number of halogens is 2. The zero-order valence-corrected chi connectivity index (χ0v) is 16.8. The molecule has 1 saturated heterocycles. The van der Waals surface area contributed by atoms with E-state index in [-0.39, 0.29) is 11.8 Å². The summed E-state index contributed by atoms with van der Waals surface area (Å²) in [4.78, 5) is 22.4. The van der Waals surface area contributed by atoms with Crippen molar-refractivity contribution >= 4 is 62.2 Å². The molecule has 4 rings (SSSR count). The van der Waals surface area contributed by atoms with E-state index >= 15 is 0 Å². The van der Waals surface area contributed by atoms with Crippen LogP contribution >= 0.6 is 34.5 Å². The van der Waals surface area contributed by atoms with Gasteiger partial charge in [0.15, 0.2) is 5.78 Å². The molecule has 0 unspecified atom stereocenters. The number of benzene rings is 1. The number of hydrogen-bond donors (Lipinski definition) is 3. The largest absolute Gasteiger partial charge is 0.397 e. The van der Waals surface area contributed by atoms with Crippen molar-refractivity contribution in [2.45, 2.75) is 19.4 Å². The van der Waals surface area contributed by atoms with Gasteiger partial charge in [-0.05, 0) is 25.1 Å². The first-order chi connectivity index (χ1) is 12.9. The van der Waals surface area contributed by atoms with E-state index in [1.807, 2.05) is 6.07 Å². The van der Waals surface area contributed by atoms with Gasteiger partial charge in [-0.15, -0.1) is 11.3 Å². The molecule has 1 atom stereocenters. The van der Waals surface area contributed by atoms with Crippen molar-refractivity contribution in [3.63, 3.8) is 0 Å². The molecule has 27 heavy (non-hydrogen) atoms. The monoisotopic (exact) mass is 421 g/mol. The quantitative estimate of drug-likeness (QED) is 0.545. The van der Waals surface area contributed by atoms with Crippen LogP contribution in [0.5, 0.6) is 0 Å². The molecule has 140 valence electrons. The number of carbonyl (C=O) groups excluding carboxylic acids is 1. The normalized spacial score (nSPS) is 16.8. The molecule has 1 aliphatic heterocycles. The summed E-state index contributed by atoms with van der Waals surface area (Å²) in [6.45, 7) is 3.31. The van der Waals surface area contributed by atoms with E-state index < -0.39 is 0 Å². The number of rotatable bonds is 4. The number of nitrogens with two attached hydrogens (primary N) is 1. The maximum absolute atomic E-state index is 12.0. The summed E-state index contributed by atoms with van der Waals surface area (Å²) in [6, 6.07) is 5.56. The standard InChI is InChI=1S/C18H17Cl2N5OS/c1-8(26)16-14(21)13-15(9-2-3-11(19)12(20)6-9)24-18(25-17(13)27-16)23-10-4-5-22-7-10/h2-3,6,10,22H,4-5,7,21H2,1H3,(H,23,24,25)/t10-/m1/s1. The van der Waals surface area contributed by atoms with Crippen molar-refractivity contribution in [3.05, 3.63) is 33.1 Å². The number of hydrogen-bond acceptors (Lipinski definition) is 7. The smallest absolute Gasteiger partial charge is 0.224 e. The number of anilines is 2. The van der Waals surface area contributed by atoms with Crippen molar-refractivity contribution < 1.29 is 4.79 Å². The lowest BCUT2D eigenvalue weighted by Gasteiger charge is -2.13. The molecule has 0 radical (unpaired) electrons. The van der Waals surface area contributed by atoms with E-state index in [2.05, 4.69) is 15.6 Å². The molecule has 1 fully saturated rings. The third-order valence-electron chi connectivity index (χ3n) is 4.49. The van der Waals surface area contributed by atoms with Gasteiger partial charge in [0, 0.05) is 25.1 Å². The highest BCUT2D eigenvalue weighted by molar-refractivity contribution is 7.21. The Hall–Kier alpha value is -1.93. The van der Waals surface area contributed by atoms with E-state index in [0.29, 0.717) is 42.5 Å². The first-order valence-corrected chi connectivity index (χ1v) is 10.0. The Balaban J connectivity index is 1.91. The Labute approximate surface area is 170 Å². The van der Waals surface area contributed by atoms with Gasteiger partial charge in [-0.3, -0.25) is 4.79 Å². The first-order valence-electron chi connectivity index (χ1n) is 8.47. The number of Topliss-reactive ketones (excluding diaryl/α,β-unsaturated/α-hetero) is 1. The molecule has 0 bridgehead atoms. The second kappa shape index (κ2) is 7.24. The highest BCUT2D eigenvalue weighted by atomic mass is 35.5. The van der Waals surface area contributed by atoms with Crippen LogP contribution in [0, 0.1) is 0 Å². The molecule has 3 aromatic rings. The van der Waals surface area contributed by atoms with Crippen LogP contribution in [-0.4, -0.2) is 34.9 Å². The number of carbonyl (C=O) groups is 1. The second-order valence-corrected chi connectivity index (χ2v) is 8.25. The van der Waals surface area contributed by atoms with E-state index in [1.165, 1.54) is 18.3 Å². The van der Waals surface area contributed by atoms with Crippen LogP contribution in [0.1, 0.15) is 23.0 Å². The van der Waals surface area contributed by atoms with Crippen molar-refractivity contribution in [3.8, 4) is 11.3 Å². The molecule has 0 aliphatic carbocycles. The minimum Gasteiger partial charge on any atom is -0.397 e. The molecule has 0 amide bonds. The summed E-state index contributed by atoms with van der Waals surface area (Å²) < 4.78 is 0. The van der Waals surface area contributed by atoms with E-state index in [9.17, 15) is 4.79 Å². The summed E-state index contributed by atoms with van der Waals surface area (Å²) in [5, 5.41) is 8.22. The molecule has 4 N–H and O–H groups in total. The third kappa shape index (κ3) is 3.48. The minimum atomic E-state index is -0.0925. The fourth-order valence-corrected chi connectivity index (χ4v) is 4.45. The van der Waals surface area contributed by atoms with Gasteiger partial charge in [0.25, 0.3) is 0 Å². The summed E-state index contributed by atoms with van der Waals surface area (Å²) in [6.07, 6.45) is 0.995. The van der Waals surface area contributed by atoms with Crippen molar-refractivity contribution in [2.24, 2.45) is 0 Å². The Morgan fingerprint density at radius 1 is 1.33 bits per heavy atom. The van der Waals surface area contributed by atoms with Gasteiger partial charge < -0.3 is 16.4 Å². The van der Waals surface area contributed by atoms with Crippen LogP contribution in [0.4, 0.5) is 11.6 Å². The number of thiophene rings is 1. The van der Waals surface area contributed by atoms with Crippen molar-refractivity contribution in [1.82, 2.24) is 15.3 Å². The molecule has 1 aromatic carbocycles. The zero-order chi connectivity index (χ0) is 19.1. The Kier molecular flexibility index (Phi) is 4.94. The van der Waals surface area contributed by atoms with Crippen LogP contribution in [0.2, 0.25) is 10.0 Å². The molecule has 3 heterocycles. The molecule has 0 spiro atoms. The Morgan fingerprint density at radius 2 is 2.15 bits per heavy atom. The zero-order valence-electron chi connectivity index (χ0n) is 14.5. The number of ketones is 1. The van der Waals surface area contributed by atoms with Gasteiger partial charge in [-0.25, -0.2) is 9.97 Å². The molecule has 0 saturated carbocycles. The molecular formula is C18H17Cl2N5OS. The van der Waals surface area contributed by atoms with Crippen molar-refractivity contribution in [1.29, 1.82) is 0 Å². The lowest BCUT2D eigenvalue weighted by molar-refractivity contribution is 0.102. The van der Waals surface area contributed by atoms with Crippen LogP contribution in [0.15, 0.2) is 18.2 Å². The minimum absolute atomic E-state index is 0.0925. The first kappa shape index (κ1) is 18.4. The van der Waals surface area contributed by atoms with Crippen molar-refractivity contribution in [2.75, 3.05) is 24.1 Å². The highest BCUT2D eigenvalue weighted by Crippen LogP contribution is 2.40. The van der Waals surface area contributed by atoms with E-state index in [0.717, 1.165) is 25.1 Å². The molecule has 6 nitrogen and oxygen atoms in total.